The maximum Gasteiger partial charge on any atom is 0.573 e. The summed E-state index contributed by atoms with van der Waals surface area (Å²) in [5, 5.41) is 0.659. The van der Waals surface area contributed by atoms with E-state index in [9.17, 15) is 13.2 Å². The lowest BCUT2D eigenvalue weighted by Crippen LogP contribution is -2.30. The summed E-state index contributed by atoms with van der Waals surface area (Å²) in [6.45, 7) is 1.94. The monoisotopic (exact) mass is 482 g/mol. The van der Waals surface area contributed by atoms with E-state index in [1.807, 2.05) is 18.2 Å². The van der Waals surface area contributed by atoms with Crippen LogP contribution in [0.1, 0.15) is 16.7 Å². The lowest BCUT2D eigenvalue weighted by molar-refractivity contribution is -0.274. The topological polar surface area (TPSA) is 47.7 Å². The molecular weight excluding hydrogens is 464 g/mol. The van der Waals surface area contributed by atoms with Crippen LogP contribution in [0.4, 0.5) is 18.9 Å². The average molecular weight is 483 g/mol. The molecule has 0 radical (unpaired) electrons. The molecule has 168 valence electrons. The molecule has 1 heterocycles. The summed E-state index contributed by atoms with van der Waals surface area (Å²) >= 11 is 12.4. The van der Waals surface area contributed by atoms with Gasteiger partial charge in [-0.3, -0.25) is 4.90 Å². The predicted molar refractivity (Wildman–Crippen MR) is 118 cm³/mol. The SMILES string of the molecule is Nc1cc(Cl)c(Oc2ccc3c(c2)CCN(Cc2cccc(OC(F)(F)F)c2)C3)c(Cl)c1. The summed E-state index contributed by atoms with van der Waals surface area (Å²) in [6, 6.07) is 15.0. The Hall–Kier alpha value is -2.61. The van der Waals surface area contributed by atoms with Gasteiger partial charge in [0.15, 0.2) is 5.75 Å². The van der Waals surface area contributed by atoms with Crippen molar-refractivity contribution in [2.45, 2.75) is 25.9 Å². The Labute approximate surface area is 193 Å². The molecule has 0 bridgehead atoms. The van der Waals surface area contributed by atoms with Gasteiger partial charge < -0.3 is 15.2 Å². The minimum Gasteiger partial charge on any atom is -0.454 e. The first-order valence-electron chi connectivity index (χ1n) is 9.77. The van der Waals surface area contributed by atoms with Gasteiger partial charge in [0.1, 0.15) is 11.5 Å². The molecule has 3 aromatic carbocycles. The number of halogens is 5. The minimum absolute atomic E-state index is 0.214. The van der Waals surface area contributed by atoms with Crippen molar-refractivity contribution in [3.05, 3.63) is 81.3 Å². The van der Waals surface area contributed by atoms with Gasteiger partial charge in [-0.05, 0) is 59.5 Å². The first kappa shape index (κ1) is 22.6. The van der Waals surface area contributed by atoms with Crippen LogP contribution in [0, 0.1) is 0 Å². The lowest BCUT2D eigenvalue weighted by Gasteiger charge is -2.29. The van der Waals surface area contributed by atoms with Crippen molar-refractivity contribution in [2.24, 2.45) is 0 Å². The third-order valence-corrected chi connectivity index (χ3v) is 5.61. The quantitative estimate of drug-likeness (QED) is 0.405. The van der Waals surface area contributed by atoms with Gasteiger partial charge in [0, 0.05) is 25.3 Å². The lowest BCUT2D eigenvalue weighted by atomic mass is 9.99. The fraction of sp³-hybridized carbons (Fsp3) is 0.217. The van der Waals surface area contributed by atoms with Gasteiger partial charge in [-0.25, -0.2) is 0 Å². The van der Waals surface area contributed by atoms with E-state index in [1.54, 1.807) is 24.3 Å². The Morgan fingerprint density at radius 2 is 1.69 bits per heavy atom. The van der Waals surface area contributed by atoms with Crippen LogP contribution in [-0.4, -0.2) is 17.8 Å². The maximum atomic E-state index is 12.5. The van der Waals surface area contributed by atoms with Gasteiger partial charge >= 0.3 is 6.36 Å². The van der Waals surface area contributed by atoms with Gasteiger partial charge in [0.2, 0.25) is 0 Å². The number of nitrogens with two attached hydrogens (primary N) is 1. The summed E-state index contributed by atoms with van der Waals surface area (Å²) in [4.78, 5) is 2.17. The number of anilines is 1. The molecule has 0 amide bonds. The van der Waals surface area contributed by atoms with E-state index in [0.29, 0.717) is 40.3 Å². The second-order valence-electron chi connectivity index (χ2n) is 7.50. The molecule has 0 atom stereocenters. The van der Waals surface area contributed by atoms with Crippen molar-refractivity contribution >= 4 is 28.9 Å². The number of nitrogens with zero attached hydrogens (tertiary/aromatic N) is 1. The molecule has 0 fully saturated rings. The zero-order chi connectivity index (χ0) is 22.9. The summed E-state index contributed by atoms with van der Waals surface area (Å²) in [5.74, 6) is 0.748. The van der Waals surface area contributed by atoms with Gasteiger partial charge in [0.25, 0.3) is 0 Å². The first-order chi connectivity index (χ1) is 15.2. The van der Waals surface area contributed by atoms with Gasteiger partial charge in [-0.15, -0.1) is 13.2 Å². The normalized spacial score (nSPS) is 14.2. The highest BCUT2D eigenvalue weighted by Crippen LogP contribution is 2.39. The predicted octanol–water partition coefficient (Wildman–Crippen LogP) is 6.82. The molecule has 3 aromatic rings. The van der Waals surface area contributed by atoms with E-state index < -0.39 is 6.36 Å². The van der Waals surface area contributed by atoms with E-state index >= 15 is 0 Å². The van der Waals surface area contributed by atoms with E-state index in [2.05, 4.69) is 9.64 Å². The summed E-state index contributed by atoms with van der Waals surface area (Å²) in [6.07, 6.45) is -3.93. The zero-order valence-electron chi connectivity index (χ0n) is 16.8. The maximum absolute atomic E-state index is 12.5. The highest BCUT2D eigenvalue weighted by Gasteiger charge is 2.31. The van der Waals surface area contributed by atoms with E-state index in [1.165, 1.54) is 12.1 Å². The minimum atomic E-state index is -4.71. The molecular formula is C23H19Cl2F3N2O2. The molecule has 4 rings (SSSR count). The fourth-order valence-corrected chi connectivity index (χ4v) is 4.26. The molecule has 1 aliphatic rings. The van der Waals surface area contributed by atoms with Crippen molar-refractivity contribution in [1.29, 1.82) is 0 Å². The van der Waals surface area contributed by atoms with Crippen LogP contribution in [0.2, 0.25) is 10.0 Å². The van der Waals surface area contributed by atoms with E-state index in [4.69, 9.17) is 33.7 Å². The molecule has 2 N–H and O–H groups in total. The van der Waals surface area contributed by atoms with Crippen molar-refractivity contribution < 1.29 is 22.6 Å². The number of hydrogen-bond donors (Lipinski definition) is 1. The molecule has 9 heteroatoms. The van der Waals surface area contributed by atoms with E-state index in [-0.39, 0.29) is 5.75 Å². The van der Waals surface area contributed by atoms with Crippen LogP contribution in [0.15, 0.2) is 54.6 Å². The molecule has 0 spiro atoms. The highest BCUT2D eigenvalue weighted by molar-refractivity contribution is 6.37. The number of hydrogen-bond acceptors (Lipinski definition) is 4. The summed E-state index contributed by atoms with van der Waals surface area (Å²) < 4.78 is 47.3. The average Bonchev–Trinajstić information content (AvgIpc) is 2.69. The first-order valence-corrected chi connectivity index (χ1v) is 10.5. The largest absolute Gasteiger partial charge is 0.573 e. The highest BCUT2D eigenvalue weighted by atomic mass is 35.5. The van der Waals surface area contributed by atoms with Crippen molar-refractivity contribution in [3.8, 4) is 17.2 Å². The van der Waals surface area contributed by atoms with E-state index in [0.717, 1.165) is 29.7 Å². The number of benzene rings is 3. The molecule has 0 saturated heterocycles. The van der Waals surface area contributed by atoms with Crippen molar-refractivity contribution in [1.82, 2.24) is 4.90 Å². The molecule has 32 heavy (non-hydrogen) atoms. The Kier molecular flexibility index (Phi) is 6.42. The Balaban J connectivity index is 1.44. The number of rotatable bonds is 5. The molecule has 1 aliphatic heterocycles. The zero-order valence-corrected chi connectivity index (χ0v) is 18.3. The Morgan fingerprint density at radius 1 is 0.938 bits per heavy atom. The van der Waals surface area contributed by atoms with Crippen LogP contribution in [0.3, 0.4) is 0 Å². The fourth-order valence-electron chi connectivity index (χ4n) is 3.68. The summed E-state index contributed by atoms with van der Waals surface area (Å²) in [5.41, 5.74) is 9.20. The van der Waals surface area contributed by atoms with Crippen LogP contribution in [-0.2, 0) is 19.5 Å². The molecule has 0 unspecified atom stereocenters. The van der Waals surface area contributed by atoms with Gasteiger partial charge in [-0.1, -0.05) is 41.4 Å². The standard InChI is InChI=1S/C23H19Cl2F3N2O2/c24-20-10-17(29)11-21(25)22(20)31-18-5-4-16-13-30(7-6-15(16)9-18)12-14-2-1-3-19(8-14)32-23(26,27)28/h1-5,8-11H,6-7,12-13,29H2. The van der Waals surface area contributed by atoms with Gasteiger partial charge in [0.05, 0.1) is 10.0 Å². The van der Waals surface area contributed by atoms with Gasteiger partial charge in [-0.2, -0.15) is 0 Å². The van der Waals surface area contributed by atoms with Crippen LogP contribution < -0.4 is 15.2 Å². The Bertz CT molecular complexity index is 1120. The third-order valence-electron chi connectivity index (χ3n) is 5.05. The number of alkyl halides is 3. The number of ether oxygens (including phenoxy) is 2. The van der Waals surface area contributed by atoms with Crippen LogP contribution in [0.5, 0.6) is 17.2 Å². The second kappa shape index (κ2) is 9.10. The number of nitrogen functional groups attached to an aromatic ring is 1. The summed E-state index contributed by atoms with van der Waals surface area (Å²) in [7, 11) is 0. The van der Waals surface area contributed by atoms with Crippen molar-refractivity contribution in [3.63, 3.8) is 0 Å². The van der Waals surface area contributed by atoms with Crippen molar-refractivity contribution in [2.75, 3.05) is 12.3 Å². The Morgan fingerprint density at radius 3 is 2.41 bits per heavy atom. The van der Waals surface area contributed by atoms with Crippen LogP contribution in [0.25, 0.3) is 0 Å². The molecule has 0 saturated carbocycles. The second-order valence-corrected chi connectivity index (χ2v) is 8.32. The molecule has 4 nitrogen and oxygen atoms in total. The third kappa shape index (κ3) is 5.59. The molecule has 0 aromatic heterocycles. The van der Waals surface area contributed by atoms with Crippen LogP contribution >= 0.6 is 23.2 Å². The number of fused-ring (bicyclic) bond motifs is 1. The smallest absolute Gasteiger partial charge is 0.454 e. The molecule has 0 aliphatic carbocycles.